The number of hydrogen-bond acceptors (Lipinski definition) is 3. The first-order chi connectivity index (χ1) is 10.1. The van der Waals surface area contributed by atoms with Crippen LogP contribution in [-0.4, -0.2) is 22.5 Å². The van der Waals surface area contributed by atoms with E-state index in [1.807, 2.05) is 26.0 Å². The van der Waals surface area contributed by atoms with Gasteiger partial charge in [-0.15, -0.1) is 0 Å². The molecular weight excluding hydrogens is 332 g/mol. The number of carbonyl (C=O) groups excluding carboxylic acids is 1. The quantitative estimate of drug-likeness (QED) is 0.891. The molecule has 2 rings (SSSR count). The fraction of sp³-hybridized carbons (Fsp3) is 0.267. The van der Waals surface area contributed by atoms with Crippen molar-refractivity contribution in [1.29, 1.82) is 0 Å². The SMILES string of the molecule is Cc1ncccc1CCNC(=O)Nc1ccnc(C)c1Br. The Morgan fingerprint density at radius 2 is 1.95 bits per heavy atom. The van der Waals surface area contributed by atoms with Crippen LogP contribution < -0.4 is 10.6 Å². The van der Waals surface area contributed by atoms with E-state index in [1.54, 1.807) is 18.5 Å². The smallest absolute Gasteiger partial charge is 0.319 e. The van der Waals surface area contributed by atoms with Crippen LogP contribution in [0.15, 0.2) is 35.1 Å². The predicted octanol–water partition coefficient (Wildman–Crippen LogP) is 3.22. The van der Waals surface area contributed by atoms with Gasteiger partial charge >= 0.3 is 6.03 Å². The minimum absolute atomic E-state index is 0.233. The number of hydrogen-bond donors (Lipinski definition) is 2. The van der Waals surface area contributed by atoms with Crippen LogP contribution >= 0.6 is 15.9 Å². The normalized spacial score (nSPS) is 10.2. The Hall–Kier alpha value is -1.95. The summed E-state index contributed by atoms with van der Waals surface area (Å²) in [5.41, 5.74) is 3.67. The number of amides is 2. The minimum atomic E-state index is -0.233. The molecule has 0 aliphatic rings. The zero-order valence-electron chi connectivity index (χ0n) is 12.0. The lowest BCUT2D eigenvalue weighted by atomic mass is 10.1. The Balaban J connectivity index is 1.85. The number of aryl methyl sites for hydroxylation is 2. The first-order valence-electron chi connectivity index (χ1n) is 6.64. The highest BCUT2D eigenvalue weighted by atomic mass is 79.9. The van der Waals surface area contributed by atoms with Crippen molar-refractivity contribution < 1.29 is 4.79 Å². The van der Waals surface area contributed by atoms with Crippen molar-refractivity contribution >= 4 is 27.6 Å². The minimum Gasteiger partial charge on any atom is -0.338 e. The largest absolute Gasteiger partial charge is 0.338 e. The molecule has 0 radical (unpaired) electrons. The summed E-state index contributed by atoms with van der Waals surface area (Å²) in [5.74, 6) is 0. The van der Waals surface area contributed by atoms with E-state index in [1.165, 1.54) is 0 Å². The summed E-state index contributed by atoms with van der Waals surface area (Å²) in [5, 5.41) is 5.63. The molecule has 6 heteroatoms. The highest BCUT2D eigenvalue weighted by molar-refractivity contribution is 9.10. The molecule has 0 aromatic carbocycles. The van der Waals surface area contributed by atoms with Crippen LogP contribution in [0.5, 0.6) is 0 Å². The third kappa shape index (κ3) is 4.26. The number of aromatic nitrogens is 2. The van der Waals surface area contributed by atoms with Crippen LogP contribution in [0.1, 0.15) is 17.0 Å². The van der Waals surface area contributed by atoms with Crippen LogP contribution in [0, 0.1) is 13.8 Å². The molecule has 0 saturated heterocycles. The zero-order valence-corrected chi connectivity index (χ0v) is 13.6. The Bertz CT molecular complexity index is 645. The summed E-state index contributed by atoms with van der Waals surface area (Å²) < 4.78 is 0.795. The highest BCUT2D eigenvalue weighted by Crippen LogP contribution is 2.23. The summed E-state index contributed by atoms with van der Waals surface area (Å²) in [4.78, 5) is 20.2. The average molecular weight is 349 g/mol. The molecule has 21 heavy (non-hydrogen) atoms. The molecule has 2 N–H and O–H groups in total. The molecule has 0 bridgehead atoms. The molecule has 0 unspecified atom stereocenters. The summed E-state index contributed by atoms with van der Waals surface area (Å²) in [6.07, 6.45) is 4.18. The van der Waals surface area contributed by atoms with Crippen molar-refractivity contribution in [3.63, 3.8) is 0 Å². The lowest BCUT2D eigenvalue weighted by Crippen LogP contribution is -2.30. The second-order valence-electron chi connectivity index (χ2n) is 4.64. The summed E-state index contributed by atoms with van der Waals surface area (Å²) >= 11 is 3.41. The molecule has 2 amide bonds. The van der Waals surface area contributed by atoms with E-state index < -0.39 is 0 Å². The average Bonchev–Trinajstić information content (AvgIpc) is 2.46. The first-order valence-corrected chi connectivity index (χ1v) is 7.43. The van der Waals surface area contributed by atoms with Crippen LogP contribution in [0.2, 0.25) is 0 Å². The van der Waals surface area contributed by atoms with Crippen LogP contribution in [-0.2, 0) is 6.42 Å². The van der Waals surface area contributed by atoms with Crippen LogP contribution in [0.3, 0.4) is 0 Å². The van der Waals surface area contributed by atoms with E-state index in [4.69, 9.17) is 0 Å². The topological polar surface area (TPSA) is 66.9 Å². The molecule has 0 aliphatic carbocycles. The van der Waals surface area contributed by atoms with E-state index in [0.717, 1.165) is 27.8 Å². The van der Waals surface area contributed by atoms with Crippen molar-refractivity contribution in [1.82, 2.24) is 15.3 Å². The van der Waals surface area contributed by atoms with E-state index in [0.29, 0.717) is 12.2 Å². The fourth-order valence-corrected chi connectivity index (χ4v) is 2.24. The van der Waals surface area contributed by atoms with E-state index >= 15 is 0 Å². The van der Waals surface area contributed by atoms with Crippen molar-refractivity contribution in [2.75, 3.05) is 11.9 Å². The number of nitrogens with zero attached hydrogens (tertiary/aromatic N) is 2. The standard InChI is InChI=1S/C15H17BrN4O/c1-10-12(4-3-7-17-10)5-8-19-15(21)20-13-6-9-18-11(2)14(13)16/h3-4,6-7,9H,5,8H2,1-2H3,(H2,18,19,20,21). The van der Waals surface area contributed by atoms with Gasteiger partial charge in [0.15, 0.2) is 0 Å². The second-order valence-corrected chi connectivity index (χ2v) is 5.43. The first kappa shape index (κ1) is 15.4. The number of nitrogens with one attached hydrogen (secondary N) is 2. The summed E-state index contributed by atoms with van der Waals surface area (Å²) in [6, 6.07) is 5.44. The lowest BCUT2D eigenvalue weighted by Gasteiger charge is -2.10. The summed E-state index contributed by atoms with van der Waals surface area (Å²) in [7, 11) is 0. The van der Waals surface area contributed by atoms with Crippen molar-refractivity contribution in [2.45, 2.75) is 20.3 Å². The van der Waals surface area contributed by atoms with Crippen molar-refractivity contribution in [3.8, 4) is 0 Å². The van der Waals surface area contributed by atoms with Gasteiger partial charge in [-0.1, -0.05) is 6.07 Å². The Kier molecular flexibility index (Phi) is 5.27. The lowest BCUT2D eigenvalue weighted by molar-refractivity contribution is 0.252. The van der Waals surface area contributed by atoms with Gasteiger partial charge in [-0.3, -0.25) is 9.97 Å². The Labute approximate surface area is 132 Å². The van der Waals surface area contributed by atoms with Crippen molar-refractivity contribution in [3.05, 3.63) is 52.0 Å². The number of carbonyl (C=O) groups is 1. The molecule has 0 saturated carbocycles. The number of anilines is 1. The second kappa shape index (κ2) is 7.17. The summed E-state index contributed by atoms with van der Waals surface area (Å²) in [6.45, 7) is 4.39. The van der Waals surface area contributed by atoms with Gasteiger partial charge in [0.05, 0.1) is 15.9 Å². The Morgan fingerprint density at radius 3 is 2.71 bits per heavy atom. The molecule has 0 atom stereocenters. The van der Waals surface area contributed by atoms with Crippen LogP contribution in [0.25, 0.3) is 0 Å². The van der Waals surface area contributed by atoms with Gasteiger partial charge in [0, 0.05) is 24.6 Å². The molecule has 110 valence electrons. The van der Waals surface area contributed by atoms with Gasteiger partial charge in [0.2, 0.25) is 0 Å². The third-order valence-corrected chi connectivity index (χ3v) is 4.11. The number of pyridine rings is 2. The Morgan fingerprint density at radius 1 is 1.19 bits per heavy atom. The maximum atomic E-state index is 11.9. The van der Waals surface area contributed by atoms with Gasteiger partial charge < -0.3 is 10.6 Å². The van der Waals surface area contributed by atoms with E-state index in [2.05, 4.69) is 36.5 Å². The number of urea groups is 1. The van der Waals surface area contributed by atoms with Crippen molar-refractivity contribution in [2.24, 2.45) is 0 Å². The highest BCUT2D eigenvalue weighted by Gasteiger charge is 2.07. The van der Waals surface area contributed by atoms with Gasteiger partial charge in [0.25, 0.3) is 0 Å². The van der Waals surface area contributed by atoms with Gasteiger partial charge in [-0.05, 0) is 53.9 Å². The predicted molar refractivity (Wildman–Crippen MR) is 86.4 cm³/mol. The fourth-order valence-electron chi connectivity index (χ4n) is 1.90. The van der Waals surface area contributed by atoms with Gasteiger partial charge in [0.1, 0.15) is 0 Å². The number of halogens is 1. The molecule has 5 nitrogen and oxygen atoms in total. The molecular formula is C15H17BrN4O. The van der Waals surface area contributed by atoms with E-state index in [-0.39, 0.29) is 6.03 Å². The zero-order chi connectivity index (χ0) is 15.2. The molecule has 2 aromatic heterocycles. The molecule has 0 fully saturated rings. The number of rotatable bonds is 4. The molecule has 0 spiro atoms. The maximum Gasteiger partial charge on any atom is 0.319 e. The van der Waals surface area contributed by atoms with E-state index in [9.17, 15) is 4.79 Å². The third-order valence-electron chi connectivity index (χ3n) is 3.11. The van der Waals surface area contributed by atoms with Gasteiger partial charge in [-0.25, -0.2) is 4.79 Å². The van der Waals surface area contributed by atoms with Gasteiger partial charge in [-0.2, -0.15) is 0 Å². The van der Waals surface area contributed by atoms with Crippen LogP contribution in [0.4, 0.5) is 10.5 Å². The molecule has 2 aromatic rings. The maximum absolute atomic E-state index is 11.9. The monoisotopic (exact) mass is 348 g/mol. The molecule has 0 aliphatic heterocycles. The molecule has 2 heterocycles.